The van der Waals surface area contributed by atoms with Crippen LogP contribution >= 0.6 is 11.3 Å². The number of carboxylic acids is 1. The van der Waals surface area contributed by atoms with Gasteiger partial charge in [0.15, 0.2) is 0 Å². The Morgan fingerprint density at radius 2 is 2.31 bits per heavy atom. The van der Waals surface area contributed by atoms with Gasteiger partial charge in [0.1, 0.15) is 11.4 Å². The van der Waals surface area contributed by atoms with E-state index in [4.69, 9.17) is 5.11 Å². The van der Waals surface area contributed by atoms with Crippen molar-refractivity contribution < 1.29 is 9.90 Å². The number of aromatic nitrogens is 2. The third-order valence-corrected chi connectivity index (χ3v) is 2.90. The monoisotopic (exact) mass is 236 g/mol. The lowest BCUT2D eigenvalue weighted by Crippen LogP contribution is -2.18. The van der Waals surface area contributed by atoms with Crippen LogP contribution in [0.4, 0.5) is 0 Å². The van der Waals surface area contributed by atoms with Crippen molar-refractivity contribution in [2.24, 2.45) is 0 Å². The Kier molecular flexibility index (Phi) is 2.57. The molecule has 6 heteroatoms. The number of aromatic carboxylic acids is 1. The van der Waals surface area contributed by atoms with Crippen LogP contribution in [-0.4, -0.2) is 21.0 Å². The van der Waals surface area contributed by atoms with Gasteiger partial charge in [0.2, 0.25) is 0 Å². The number of hydrogen-bond acceptors (Lipinski definition) is 4. The molecule has 0 atom stereocenters. The number of nitrogens with zero attached hydrogens (tertiary/aromatic N) is 1. The fourth-order valence-corrected chi connectivity index (χ4v) is 1.95. The lowest BCUT2D eigenvalue weighted by Gasteiger charge is -1.97. The van der Waals surface area contributed by atoms with Crippen molar-refractivity contribution in [2.45, 2.75) is 6.92 Å². The zero-order valence-corrected chi connectivity index (χ0v) is 9.17. The van der Waals surface area contributed by atoms with Crippen molar-refractivity contribution in [1.82, 2.24) is 9.97 Å². The minimum atomic E-state index is -1.28. The summed E-state index contributed by atoms with van der Waals surface area (Å²) in [5.41, 5.74) is -0.200. The summed E-state index contributed by atoms with van der Waals surface area (Å²) in [6.07, 6.45) is 1.07. The summed E-state index contributed by atoms with van der Waals surface area (Å²) in [7, 11) is 0. The molecule has 0 aliphatic rings. The lowest BCUT2D eigenvalue weighted by atomic mass is 10.3. The Labute approximate surface area is 94.4 Å². The number of carbonyl (C=O) groups is 1. The van der Waals surface area contributed by atoms with Crippen LogP contribution in [0.2, 0.25) is 0 Å². The quantitative estimate of drug-likeness (QED) is 0.827. The van der Waals surface area contributed by atoms with Gasteiger partial charge in [-0.3, -0.25) is 4.79 Å². The first-order valence-electron chi connectivity index (χ1n) is 4.46. The van der Waals surface area contributed by atoms with E-state index in [-0.39, 0.29) is 5.56 Å². The fourth-order valence-electron chi connectivity index (χ4n) is 1.26. The molecule has 0 spiro atoms. The maximum absolute atomic E-state index is 11.4. The van der Waals surface area contributed by atoms with E-state index in [9.17, 15) is 9.59 Å². The molecule has 2 N–H and O–H groups in total. The van der Waals surface area contributed by atoms with E-state index < -0.39 is 11.5 Å². The van der Waals surface area contributed by atoms with Gasteiger partial charge in [-0.25, -0.2) is 9.78 Å². The van der Waals surface area contributed by atoms with E-state index in [1.807, 2.05) is 18.4 Å². The average Bonchev–Trinajstić information content (AvgIpc) is 2.64. The van der Waals surface area contributed by atoms with Gasteiger partial charge in [-0.2, -0.15) is 0 Å². The highest BCUT2D eigenvalue weighted by Crippen LogP contribution is 2.20. The minimum Gasteiger partial charge on any atom is -0.477 e. The molecule has 5 nitrogen and oxygen atoms in total. The largest absolute Gasteiger partial charge is 0.477 e. The second-order valence-corrected chi connectivity index (χ2v) is 4.34. The highest BCUT2D eigenvalue weighted by atomic mass is 32.1. The highest BCUT2D eigenvalue weighted by Gasteiger charge is 2.10. The van der Waals surface area contributed by atoms with E-state index in [2.05, 4.69) is 9.97 Å². The normalized spacial score (nSPS) is 10.3. The van der Waals surface area contributed by atoms with Crippen LogP contribution in [0.5, 0.6) is 0 Å². The molecule has 2 rings (SSSR count). The van der Waals surface area contributed by atoms with Crippen LogP contribution in [-0.2, 0) is 0 Å². The molecule has 0 amide bonds. The van der Waals surface area contributed by atoms with Crippen molar-refractivity contribution in [3.05, 3.63) is 38.4 Å². The van der Waals surface area contributed by atoms with Crippen LogP contribution < -0.4 is 5.56 Å². The van der Waals surface area contributed by atoms with Gasteiger partial charge >= 0.3 is 5.97 Å². The summed E-state index contributed by atoms with van der Waals surface area (Å²) in [5.74, 6) is -0.888. The third kappa shape index (κ3) is 1.87. The van der Waals surface area contributed by atoms with Crippen molar-refractivity contribution in [1.29, 1.82) is 0 Å². The zero-order chi connectivity index (χ0) is 11.7. The van der Waals surface area contributed by atoms with E-state index in [1.54, 1.807) is 0 Å². The predicted molar refractivity (Wildman–Crippen MR) is 59.9 cm³/mol. The predicted octanol–water partition coefficient (Wildman–Crippen LogP) is 1.51. The van der Waals surface area contributed by atoms with Gasteiger partial charge in [-0.05, 0) is 13.0 Å². The smallest absolute Gasteiger partial charge is 0.342 e. The van der Waals surface area contributed by atoms with Crippen LogP contribution in [0.3, 0.4) is 0 Å². The Morgan fingerprint density at radius 3 is 2.81 bits per heavy atom. The van der Waals surface area contributed by atoms with E-state index in [1.165, 1.54) is 11.3 Å². The summed E-state index contributed by atoms with van der Waals surface area (Å²) >= 11 is 1.54. The van der Waals surface area contributed by atoms with Crippen molar-refractivity contribution in [3.8, 4) is 11.4 Å². The minimum absolute atomic E-state index is 0.351. The number of H-pyrrole nitrogens is 1. The van der Waals surface area contributed by atoms with E-state index in [0.29, 0.717) is 5.82 Å². The summed E-state index contributed by atoms with van der Waals surface area (Å²) in [6.45, 7) is 1.94. The first kappa shape index (κ1) is 10.6. The molecule has 0 aliphatic heterocycles. The number of hydrogen-bond donors (Lipinski definition) is 2. The number of nitrogens with one attached hydrogen (secondary N) is 1. The van der Waals surface area contributed by atoms with Crippen LogP contribution in [0.1, 0.15) is 15.2 Å². The summed E-state index contributed by atoms with van der Waals surface area (Å²) in [5, 5.41) is 10.5. The molecule has 0 fully saturated rings. The summed E-state index contributed by atoms with van der Waals surface area (Å²) in [4.78, 5) is 29.5. The van der Waals surface area contributed by atoms with Gasteiger partial charge in [-0.1, -0.05) is 0 Å². The molecule has 0 aromatic carbocycles. The SMILES string of the molecule is Cc1cc(-c2ncc(C(=O)O)c(=O)[nH]2)cs1. The molecule has 2 aromatic rings. The second-order valence-electron chi connectivity index (χ2n) is 3.23. The number of aromatic amines is 1. The lowest BCUT2D eigenvalue weighted by molar-refractivity contribution is 0.0694. The summed E-state index contributed by atoms with van der Waals surface area (Å²) in [6, 6.07) is 1.88. The Hall–Kier alpha value is -1.95. The topological polar surface area (TPSA) is 83.0 Å². The molecular formula is C10H8N2O3S. The zero-order valence-electron chi connectivity index (χ0n) is 8.35. The van der Waals surface area contributed by atoms with E-state index >= 15 is 0 Å². The standard InChI is InChI=1S/C10H8N2O3S/c1-5-2-6(4-16-5)8-11-3-7(10(14)15)9(13)12-8/h2-4H,1H3,(H,14,15)(H,11,12,13). The highest BCUT2D eigenvalue weighted by molar-refractivity contribution is 7.10. The molecule has 16 heavy (non-hydrogen) atoms. The molecular weight excluding hydrogens is 228 g/mol. The molecule has 2 heterocycles. The van der Waals surface area contributed by atoms with Crippen molar-refractivity contribution in [2.75, 3.05) is 0 Å². The number of aryl methyl sites for hydroxylation is 1. The molecule has 0 bridgehead atoms. The van der Waals surface area contributed by atoms with Gasteiger partial charge in [-0.15, -0.1) is 11.3 Å². The molecule has 82 valence electrons. The number of thiophene rings is 1. The van der Waals surface area contributed by atoms with Crippen LogP contribution in [0, 0.1) is 6.92 Å². The molecule has 0 unspecified atom stereocenters. The van der Waals surface area contributed by atoms with Gasteiger partial charge in [0, 0.05) is 22.0 Å². The molecule has 0 saturated carbocycles. The maximum Gasteiger partial charge on any atom is 0.342 e. The molecule has 2 aromatic heterocycles. The van der Waals surface area contributed by atoms with Crippen molar-refractivity contribution >= 4 is 17.3 Å². The maximum atomic E-state index is 11.4. The Morgan fingerprint density at radius 1 is 1.56 bits per heavy atom. The summed E-state index contributed by atoms with van der Waals surface area (Å²) < 4.78 is 0. The fraction of sp³-hybridized carbons (Fsp3) is 0.100. The van der Waals surface area contributed by atoms with Gasteiger partial charge in [0.05, 0.1) is 0 Å². The molecule has 0 radical (unpaired) electrons. The van der Waals surface area contributed by atoms with Crippen molar-refractivity contribution in [3.63, 3.8) is 0 Å². The first-order valence-corrected chi connectivity index (χ1v) is 5.34. The molecule has 0 aliphatic carbocycles. The van der Waals surface area contributed by atoms with Gasteiger partial charge < -0.3 is 10.1 Å². The molecule has 0 saturated heterocycles. The Balaban J connectivity index is 2.50. The average molecular weight is 236 g/mol. The number of carboxylic acid groups (broad SMARTS) is 1. The first-order chi connectivity index (χ1) is 7.58. The van der Waals surface area contributed by atoms with Crippen LogP contribution in [0.25, 0.3) is 11.4 Å². The Bertz CT molecular complexity index is 600. The van der Waals surface area contributed by atoms with E-state index in [0.717, 1.165) is 16.6 Å². The van der Waals surface area contributed by atoms with Crippen LogP contribution in [0.15, 0.2) is 22.4 Å². The second kappa shape index (κ2) is 3.90. The van der Waals surface area contributed by atoms with Gasteiger partial charge in [0.25, 0.3) is 5.56 Å². The number of rotatable bonds is 2. The third-order valence-electron chi connectivity index (χ3n) is 2.03.